The van der Waals surface area contributed by atoms with Gasteiger partial charge in [0.25, 0.3) is 0 Å². The topological polar surface area (TPSA) is 46.9 Å². The molecule has 0 saturated carbocycles. The van der Waals surface area contributed by atoms with Crippen LogP contribution in [-0.4, -0.2) is 28.4 Å². The molecule has 0 saturated heterocycles. The highest BCUT2D eigenvalue weighted by Gasteiger charge is 2.04. The Morgan fingerprint density at radius 3 is 3.13 bits per heavy atom. The minimum atomic E-state index is 0.208. The van der Waals surface area contributed by atoms with Gasteiger partial charge in [0.1, 0.15) is 11.6 Å². The third kappa shape index (κ3) is 4.08. The van der Waals surface area contributed by atoms with Crippen LogP contribution in [0.4, 0.5) is 0 Å². The van der Waals surface area contributed by atoms with Gasteiger partial charge in [-0.05, 0) is 0 Å². The van der Waals surface area contributed by atoms with E-state index in [4.69, 9.17) is 0 Å². The highest BCUT2D eigenvalue weighted by molar-refractivity contribution is 5.80. The maximum atomic E-state index is 11.4. The molecule has 0 bridgehead atoms. The molecule has 82 valence electrons. The standard InChI is InChI=1S/C11H17N3O/c1-3-6-12-9-10(15)4-5-11-13-7-8-14(11)2/h3,7-8,12H,1,4-6,9H2,2H3. The zero-order valence-electron chi connectivity index (χ0n) is 9.07. The number of rotatable bonds is 7. The van der Waals surface area contributed by atoms with Crippen LogP contribution < -0.4 is 5.32 Å². The van der Waals surface area contributed by atoms with E-state index in [0.717, 1.165) is 5.82 Å². The summed E-state index contributed by atoms with van der Waals surface area (Å²) in [5.41, 5.74) is 0. The zero-order valence-corrected chi connectivity index (χ0v) is 9.07. The number of carbonyl (C=O) groups is 1. The monoisotopic (exact) mass is 207 g/mol. The molecule has 1 heterocycles. The van der Waals surface area contributed by atoms with Crippen LogP contribution in [0, 0.1) is 0 Å². The highest BCUT2D eigenvalue weighted by atomic mass is 16.1. The van der Waals surface area contributed by atoms with Crippen LogP contribution in [0.1, 0.15) is 12.2 Å². The summed E-state index contributed by atoms with van der Waals surface area (Å²) in [6.07, 6.45) is 6.62. The number of hydrogen-bond acceptors (Lipinski definition) is 3. The molecule has 0 aliphatic heterocycles. The van der Waals surface area contributed by atoms with Crippen molar-refractivity contribution in [3.63, 3.8) is 0 Å². The number of carbonyl (C=O) groups excluding carboxylic acids is 1. The Morgan fingerprint density at radius 2 is 2.53 bits per heavy atom. The second-order valence-corrected chi connectivity index (χ2v) is 3.41. The van der Waals surface area contributed by atoms with Crippen molar-refractivity contribution in [1.82, 2.24) is 14.9 Å². The van der Waals surface area contributed by atoms with Gasteiger partial charge in [0.05, 0.1) is 6.54 Å². The van der Waals surface area contributed by atoms with Crippen LogP contribution in [0.25, 0.3) is 0 Å². The number of aryl methyl sites for hydroxylation is 2. The van der Waals surface area contributed by atoms with E-state index in [9.17, 15) is 4.79 Å². The lowest BCUT2D eigenvalue weighted by Crippen LogP contribution is -2.23. The molecule has 0 aliphatic rings. The molecule has 0 unspecified atom stereocenters. The highest BCUT2D eigenvalue weighted by Crippen LogP contribution is 1.99. The molecule has 0 amide bonds. The van der Waals surface area contributed by atoms with Crippen LogP contribution >= 0.6 is 0 Å². The molecular weight excluding hydrogens is 190 g/mol. The average Bonchev–Trinajstić information content (AvgIpc) is 2.61. The van der Waals surface area contributed by atoms with E-state index in [1.165, 1.54) is 0 Å². The van der Waals surface area contributed by atoms with Crippen LogP contribution in [-0.2, 0) is 18.3 Å². The first-order valence-corrected chi connectivity index (χ1v) is 5.03. The lowest BCUT2D eigenvalue weighted by atomic mass is 10.2. The van der Waals surface area contributed by atoms with Crippen LogP contribution in [0.5, 0.6) is 0 Å². The molecule has 1 aromatic rings. The maximum Gasteiger partial charge on any atom is 0.147 e. The molecule has 0 aliphatic carbocycles. The Hall–Kier alpha value is -1.42. The number of hydrogen-bond donors (Lipinski definition) is 1. The molecule has 4 heteroatoms. The van der Waals surface area contributed by atoms with E-state index in [0.29, 0.717) is 25.9 Å². The predicted octanol–water partition coefficient (Wildman–Crippen LogP) is 0.697. The van der Waals surface area contributed by atoms with E-state index < -0.39 is 0 Å². The first-order valence-electron chi connectivity index (χ1n) is 5.03. The quantitative estimate of drug-likeness (QED) is 0.529. The van der Waals surface area contributed by atoms with E-state index in [1.54, 1.807) is 12.3 Å². The minimum absolute atomic E-state index is 0.208. The van der Waals surface area contributed by atoms with Gasteiger partial charge in [0.2, 0.25) is 0 Å². The normalized spacial score (nSPS) is 10.2. The summed E-state index contributed by atoms with van der Waals surface area (Å²) in [5, 5.41) is 2.98. The van der Waals surface area contributed by atoms with E-state index >= 15 is 0 Å². The second-order valence-electron chi connectivity index (χ2n) is 3.41. The number of imidazole rings is 1. The van der Waals surface area contributed by atoms with Crippen LogP contribution in [0.2, 0.25) is 0 Å². The van der Waals surface area contributed by atoms with Crippen molar-refractivity contribution in [2.45, 2.75) is 12.8 Å². The fourth-order valence-electron chi connectivity index (χ4n) is 1.29. The maximum absolute atomic E-state index is 11.4. The van der Waals surface area contributed by atoms with Crippen molar-refractivity contribution in [3.8, 4) is 0 Å². The minimum Gasteiger partial charge on any atom is -0.338 e. The largest absolute Gasteiger partial charge is 0.338 e. The smallest absolute Gasteiger partial charge is 0.147 e. The predicted molar refractivity (Wildman–Crippen MR) is 59.6 cm³/mol. The van der Waals surface area contributed by atoms with Crippen LogP contribution in [0.3, 0.4) is 0 Å². The molecule has 4 nitrogen and oxygen atoms in total. The fraction of sp³-hybridized carbons (Fsp3) is 0.455. The zero-order chi connectivity index (χ0) is 11.1. The van der Waals surface area contributed by atoms with Gasteiger partial charge in [0, 0.05) is 38.8 Å². The van der Waals surface area contributed by atoms with Gasteiger partial charge in [-0.3, -0.25) is 4.79 Å². The Morgan fingerprint density at radius 1 is 1.73 bits per heavy atom. The molecule has 0 aromatic carbocycles. The third-order valence-electron chi connectivity index (χ3n) is 2.16. The molecule has 0 atom stereocenters. The first kappa shape index (κ1) is 11.7. The van der Waals surface area contributed by atoms with Crippen molar-refractivity contribution in [3.05, 3.63) is 30.9 Å². The molecule has 0 fully saturated rings. The SMILES string of the molecule is C=CCNCC(=O)CCc1nccn1C. The van der Waals surface area contributed by atoms with Gasteiger partial charge in [-0.2, -0.15) is 0 Å². The summed E-state index contributed by atoms with van der Waals surface area (Å²) >= 11 is 0. The van der Waals surface area contributed by atoms with Gasteiger partial charge in [0.15, 0.2) is 0 Å². The summed E-state index contributed by atoms with van der Waals surface area (Å²) in [5.74, 6) is 1.16. The first-order chi connectivity index (χ1) is 7.24. The molecule has 0 radical (unpaired) electrons. The number of Topliss-reactive ketones (excluding diaryl/α,β-unsaturated/α-hetero) is 1. The number of nitrogens with zero attached hydrogens (tertiary/aromatic N) is 2. The summed E-state index contributed by atoms with van der Waals surface area (Å²) in [4.78, 5) is 15.5. The van der Waals surface area contributed by atoms with Gasteiger partial charge in [-0.25, -0.2) is 4.98 Å². The van der Waals surface area contributed by atoms with E-state index in [2.05, 4.69) is 16.9 Å². The van der Waals surface area contributed by atoms with Gasteiger partial charge in [-0.1, -0.05) is 6.08 Å². The molecule has 1 aromatic heterocycles. The molecule has 15 heavy (non-hydrogen) atoms. The molecule has 1 N–H and O–H groups in total. The lowest BCUT2D eigenvalue weighted by molar-refractivity contribution is -0.118. The van der Waals surface area contributed by atoms with Crippen LogP contribution in [0.15, 0.2) is 25.0 Å². The Labute approximate surface area is 90.0 Å². The Bertz CT molecular complexity index is 330. The summed E-state index contributed by atoms with van der Waals surface area (Å²) < 4.78 is 1.93. The van der Waals surface area contributed by atoms with Crippen molar-refractivity contribution in [2.75, 3.05) is 13.1 Å². The number of aromatic nitrogens is 2. The van der Waals surface area contributed by atoms with Gasteiger partial charge in [-0.15, -0.1) is 6.58 Å². The fourth-order valence-corrected chi connectivity index (χ4v) is 1.29. The number of ketones is 1. The molecular formula is C11H17N3O. The van der Waals surface area contributed by atoms with E-state index in [-0.39, 0.29) is 5.78 Å². The number of nitrogens with one attached hydrogen (secondary N) is 1. The summed E-state index contributed by atoms with van der Waals surface area (Å²) in [7, 11) is 1.93. The molecule has 1 rings (SSSR count). The Kier molecular flexibility index (Phi) is 4.77. The lowest BCUT2D eigenvalue weighted by Gasteiger charge is -2.02. The van der Waals surface area contributed by atoms with E-state index in [1.807, 2.05) is 17.8 Å². The summed E-state index contributed by atoms with van der Waals surface area (Å²) in [6.45, 7) is 4.66. The van der Waals surface area contributed by atoms with Gasteiger partial charge < -0.3 is 9.88 Å². The van der Waals surface area contributed by atoms with Crippen molar-refractivity contribution in [2.24, 2.45) is 7.05 Å². The van der Waals surface area contributed by atoms with Crippen molar-refractivity contribution >= 4 is 5.78 Å². The summed E-state index contributed by atoms with van der Waals surface area (Å²) in [6, 6.07) is 0. The third-order valence-corrected chi connectivity index (χ3v) is 2.16. The van der Waals surface area contributed by atoms with Gasteiger partial charge >= 0.3 is 0 Å². The average molecular weight is 207 g/mol. The molecule has 0 spiro atoms. The van der Waals surface area contributed by atoms with Crippen molar-refractivity contribution in [1.29, 1.82) is 0 Å². The Balaban J connectivity index is 2.22. The van der Waals surface area contributed by atoms with Crippen molar-refractivity contribution < 1.29 is 4.79 Å². The second kappa shape index (κ2) is 6.14.